The first-order valence-corrected chi connectivity index (χ1v) is 14.0. The van der Waals surface area contributed by atoms with Gasteiger partial charge < -0.3 is 39.4 Å². The topological polar surface area (TPSA) is 285 Å². The molecular weight excluding hydrogens is 604 g/mol. The number of amides is 1. The van der Waals surface area contributed by atoms with E-state index in [0.717, 1.165) is 0 Å². The van der Waals surface area contributed by atoms with Crippen molar-refractivity contribution in [3.8, 4) is 0 Å². The third kappa shape index (κ3) is 8.62. The summed E-state index contributed by atoms with van der Waals surface area (Å²) >= 11 is 0. The molecule has 38 heavy (non-hydrogen) atoms. The number of aromatic amines is 1. The van der Waals surface area contributed by atoms with Gasteiger partial charge in [-0.3, -0.25) is 23.7 Å². The van der Waals surface area contributed by atoms with Crippen LogP contribution in [-0.2, 0) is 42.9 Å². The Hall–Kier alpha value is -1.77. The Bertz CT molecular complexity index is 1310. The SMILES string of the molecule is CN(Cc1cn([C@@H]2O[C@H](COP(=O)(O)OP(=O)(O)OP(=O)(O)O)C(O)[C@@H]2O)c(=O)[nH]c1=O)C(=O)C(F)(F)F. The second kappa shape index (κ2) is 11.4. The lowest BCUT2D eigenvalue weighted by Crippen LogP contribution is -2.42. The number of aromatic nitrogens is 2. The molecule has 1 aromatic rings. The van der Waals surface area contributed by atoms with Gasteiger partial charge in [-0.05, 0) is 0 Å². The van der Waals surface area contributed by atoms with Crippen LogP contribution in [0.5, 0.6) is 0 Å². The van der Waals surface area contributed by atoms with Crippen molar-refractivity contribution in [2.75, 3.05) is 13.7 Å². The van der Waals surface area contributed by atoms with Crippen molar-refractivity contribution in [1.82, 2.24) is 14.5 Å². The average Bonchev–Trinajstić information content (AvgIpc) is 2.98. The first-order chi connectivity index (χ1) is 17.0. The van der Waals surface area contributed by atoms with E-state index in [0.29, 0.717) is 17.8 Å². The molecule has 1 aliphatic heterocycles. The molecule has 218 valence electrons. The number of aliphatic hydroxyl groups is 2. The van der Waals surface area contributed by atoms with Crippen LogP contribution in [-0.4, -0.2) is 88.3 Å². The lowest BCUT2D eigenvalue weighted by molar-refractivity contribution is -0.184. The second-order valence-corrected chi connectivity index (χ2v) is 11.8. The molecule has 2 heterocycles. The summed E-state index contributed by atoms with van der Waals surface area (Å²) in [6, 6.07) is 0. The Morgan fingerprint density at radius 1 is 1.11 bits per heavy atom. The number of phosphoric acid groups is 3. The van der Waals surface area contributed by atoms with Crippen LogP contribution in [0.3, 0.4) is 0 Å². The van der Waals surface area contributed by atoms with Crippen molar-refractivity contribution in [1.29, 1.82) is 0 Å². The summed E-state index contributed by atoms with van der Waals surface area (Å²) in [6.07, 6.45) is -12.4. The quantitative estimate of drug-likeness (QED) is 0.139. The number of alkyl halides is 3. The van der Waals surface area contributed by atoms with E-state index < -0.39 is 90.1 Å². The summed E-state index contributed by atoms with van der Waals surface area (Å²) < 4.78 is 88.4. The number of ether oxygens (including phenoxy) is 1. The van der Waals surface area contributed by atoms with Gasteiger partial charge in [-0.25, -0.2) is 18.5 Å². The summed E-state index contributed by atoms with van der Waals surface area (Å²) in [5.41, 5.74) is -3.09. The first kappa shape index (κ1) is 32.4. The summed E-state index contributed by atoms with van der Waals surface area (Å²) in [7, 11) is -16.5. The summed E-state index contributed by atoms with van der Waals surface area (Å²) in [5, 5.41) is 20.4. The Morgan fingerprint density at radius 3 is 2.21 bits per heavy atom. The fourth-order valence-electron chi connectivity index (χ4n) is 2.94. The molecule has 1 aliphatic rings. The van der Waals surface area contributed by atoms with E-state index >= 15 is 0 Å². The van der Waals surface area contributed by atoms with E-state index in [1.165, 1.54) is 0 Å². The van der Waals surface area contributed by atoms with Gasteiger partial charge in [-0.15, -0.1) is 0 Å². The average molecular weight is 623 g/mol. The molecule has 1 saturated heterocycles. The van der Waals surface area contributed by atoms with Crippen LogP contribution in [0.1, 0.15) is 11.8 Å². The molecule has 0 spiro atoms. The normalized spacial score (nSPS) is 25.5. The highest BCUT2D eigenvalue weighted by atomic mass is 31.3. The lowest BCUT2D eigenvalue weighted by Gasteiger charge is -2.21. The van der Waals surface area contributed by atoms with Gasteiger partial charge in [-0.2, -0.15) is 21.8 Å². The maximum atomic E-state index is 12.6. The molecule has 3 unspecified atom stereocenters. The largest absolute Gasteiger partial charge is 0.490 e. The van der Waals surface area contributed by atoms with Crippen LogP contribution in [0, 0.1) is 0 Å². The molecule has 1 amide bonds. The Labute approximate surface area is 207 Å². The number of nitrogens with zero attached hydrogens (tertiary/aromatic N) is 2. The number of phosphoric ester groups is 1. The zero-order valence-corrected chi connectivity index (χ0v) is 21.1. The molecule has 7 N–H and O–H groups in total. The van der Waals surface area contributed by atoms with Crippen LogP contribution >= 0.6 is 23.5 Å². The molecule has 0 aromatic carbocycles. The van der Waals surface area contributed by atoms with Crippen LogP contribution in [0.4, 0.5) is 13.2 Å². The number of nitrogens with one attached hydrogen (secondary N) is 1. The third-order valence-corrected chi connectivity index (χ3v) is 8.27. The Morgan fingerprint density at radius 2 is 1.68 bits per heavy atom. The van der Waals surface area contributed by atoms with Crippen molar-refractivity contribution < 1.29 is 79.3 Å². The number of carbonyl (C=O) groups is 1. The van der Waals surface area contributed by atoms with Crippen LogP contribution < -0.4 is 11.2 Å². The van der Waals surface area contributed by atoms with Gasteiger partial charge in [0.15, 0.2) is 6.23 Å². The van der Waals surface area contributed by atoms with E-state index in [-0.39, 0.29) is 4.90 Å². The second-order valence-electron chi connectivity index (χ2n) is 7.41. The zero-order valence-electron chi connectivity index (χ0n) is 18.4. The molecule has 6 atom stereocenters. The minimum atomic E-state index is -5.86. The highest BCUT2D eigenvalue weighted by Gasteiger charge is 2.47. The Kier molecular flexibility index (Phi) is 9.71. The van der Waals surface area contributed by atoms with Crippen LogP contribution in [0.2, 0.25) is 0 Å². The van der Waals surface area contributed by atoms with E-state index in [9.17, 15) is 56.4 Å². The monoisotopic (exact) mass is 623 g/mol. The molecular formula is C13H19F3N3O16P3. The van der Waals surface area contributed by atoms with Gasteiger partial charge in [0.05, 0.1) is 18.7 Å². The van der Waals surface area contributed by atoms with Crippen molar-refractivity contribution >= 4 is 29.4 Å². The third-order valence-electron chi connectivity index (χ3n) is 4.47. The van der Waals surface area contributed by atoms with Crippen molar-refractivity contribution in [2.24, 2.45) is 0 Å². The van der Waals surface area contributed by atoms with Crippen molar-refractivity contribution in [3.05, 3.63) is 32.6 Å². The smallest absolute Gasteiger partial charge is 0.387 e. The molecule has 25 heteroatoms. The van der Waals surface area contributed by atoms with E-state index in [1.807, 2.05) is 0 Å². The summed E-state index contributed by atoms with van der Waals surface area (Å²) in [4.78, 5) is 72.9. The maximum absolute atomic E-state index is 12.6. The van der Waals surface area contributed by atoms with Gasteiger partial charge in [0.1, 0.15) is 18.3 Å². The summed E-state index contributed by atoms with van der Waals surface area (Å²) in [6.45, 7) is -2.19. The van der Waals surface area contributed by atoms with Gasteiger partial charge >= 0.3 is 41.2 Å². The Balaban J connectivity index is 2.19. The predicted molar refractivity (Wildman–Crippen MR) is 110 cm³/mol. The van der Waals surface area contributed by atoms with Gasteiger partial charge in [0.25, 0.3) is 5.56 Å². The molecule has 0 radical (unpaired) electrons. The number of hydrogen-bond acceptors (Lipinski definition) is 12. The van der Waals surface area contributed by atoms with Crippen LogP contribution in [0.15, 0.2) is 15.8 Å². The fraction of sp³-hybridized carbons (Fsp3) is 0.615. The highest BCUT2D eigenvalue weighted by Crippen LogP contribution is 2.66. The fourth-order valence-corrected chi connectivity index (χ4v) is 5.97. The number of aliphatic hydroxyl groups excluding tert-OH is 2. The zero-order chi connectivity index (χ0) is 29.4. The molecule has 19 nitrogen and oxygen atoms in total. The van der Waals surface area contributed by atoms with E-state index in [1.54, 1.807) is 4.98 Å². The maximum Gasteiger partial charge on any atom is 0.490 e. The molecule has 0 aliphatic carbocycles. The van der Waals surface area contributed by atoms with Crippen molar-refractivity contribution in [3.63, 3.8) is 0 Å². The molecule has 1 aromatic heterocycles. The number of rotatable bonds is 10. The standard InChI is InChI=1S/C13H19F3N3O16P3/c1-18(11(23)13(14,15)16)2-5-3-19(12(24)17-9(5)22)10-8(21)7(20)6(33-10)4-32-37(28,29)35-38(30,31)34-36(25,26)27/h3,6-8,10,20-21H,2,4H2,1H3,(H,28,29)(H,30,31)(H,17,22,24)(H2,25,26,27)/t6-,7?,8+,10-/m1/s1. The molecule has 0 saturated carbocycles. The van der Waals surface area contributed by atoms with Gasteiger partial charge in [0.2, 0.25) is 0 Å². The van der Waals surface area contributed by atoms with Crippen molar-refractivity contribution in [2.45, 2.75) is 37.3 Å². The highest BCUT2D eigenvalue weighted by molar-refractivity contribution is 7.66. The number of carbonyl (C=O) groups excluding carboxylic acids is 1. The minimum absolute atomic E-state index is 0.103. The number of H-pyrrole nitrogens is 1. The van der Waals surface area contributed by atoms with Crippen LogP contribution in [0.25, 0.3) is 0 Å². The van der Waals surface area contributed by atoms with E-state index in [2.05, 4.69) is 13.1 Å². The first-order valence-electron chi connectivity index (χ1n) is 9.49. The molecule has 2 rings (SSSR count). The van der Waals surface area contributed by atoms with Gasteiger partial charge in [0, 0.05) is 13.2 Å². The van der Waals surface area contributed by atoms with E-state index in [4.69, 9.17) is 19.4 Å². The lowest BCUT2D eigenvalue weighted by atomic mass is 10.1. The van der Waals surface area contributed by atoms with Gasteiger partial charge in [-0.1, -0.05) is 0 Å². The number of hydrogen-bond donors (Lipinski definition) is 7. The molecule has 0 bridgehead atoms. The molecule has 1 fully saturated rings. The predicted octanol–water partition coefficient (Wildman–Crippen LogP) is -1.98. The summed E-state index contributed by atoms with van der Waals surface area (Å²) in [5.74, 6) is -2.33. The minimum Gasteiger partial charge on any atom is -0.387 e. The number of halogens is 3.